The van der Waals surface area contributed by atoms with Crippen molar-refractivity contribution in [2.75, 3.05) is 0 Å². The fourth-order valence-corrected chi connectivity index (χ4v) is 31.1. The number of hydrogen-bond donors (Lipinski definition) is 0. The van der Waals surface area contributed by atoms with Crippen LogP contribution in [0.3, 0.4) is 0 Å². The molecule has 0 N–H and O–H groups in total. The Morgan fingerprint density at radius 2 is 0.727 bits per heavy atom. The van der Waals surface area contributed by atoms with Gasteiger partial charge in [-0.1, -0.05) is 39.5 Å². The molecule has 0 amide bonds. The molecule has 0 nitrogen and oxygen atoms in total. The van der Waals surface area contributed by atoms with Gasteiger partial charge in [0.1, 0.15) is 0 Å². The first-order valence-electron chi connectivity index (χ1n) is 24.1. The van der Waals surface area contributed by atoms with Crippen molar-refractivity contribution in [1.82, 2.24) is 0 Å². The summed E-state index contributed by atoms with van der Waals surface area (Å²) in [4.78, 5) is 13.2. The third-order valence-corrected chi connectivity index (χ3v) is 36.5. The molecule has 1 aromatic carbocycles. The molecule has 55 heavy (non-hydrogen) atoms. The first-order valence-corrected chi connectivity index (χ1v) is 40.6. The van der Waals surface area contributed by atoms with Gasteiger partial charge in [-0.2, -0.15) is 0 Å². The fourth-order valence-electron chi connectivity index (χ4n) is 10.6. The average Bonchev–Trinajstić information content (AvgIpc) is 3.90. The van der Waals surface area contributed by atoms with E-state index in [1.165, 1.54) is 178 Å². The normalized spacial score (nSPS) is 15.1. The van der Waals surface area contributed by atoms with Crippen LogP contribution in [0.2, 0.25) is 39.0 Å². The number of aryl methyl sites for hydroxylation is 1. The average molecular weight is 924 g/mol. The van der Waals surface area contributed by atoms with E-state index < -0.39 is 34.5 Å². The summed E-state index contributed by atoms with van der Waals surface area (Å²) in [6, 6.07) is 17.6. The molecule has 0 unspecified atom stereocenters. The van der Waals surface area contributed by atoms with Crippen LogP contribution in [0.1, 0.15) is 187 Å². The molecule has 5 rings (SSSR count). The Labute approximate surface area is 355 Å². The fraction of sp³-hybridized carbons (Fsp3) is 0.720. The van der Waals surface area contributed by atoms with Crippen LogP contribution >= 0.6 is 22.7 Å². The van der Waals surface area contributed by atoms with E-state index in [1.807, 2.05) is 23.6 Å². The van der Waals surface area contributed by atoms with Crippen molar-refractivity contribution < 1.29 is 0 Å². The zero-order valence-corrected chi connectivity index (χ0v) is 43.9. The monoisotopic (exact) mass is 924 g/mol. The van der Waals surface area contributed by atoms with E-state index in [1.54, 1.807) is 25.8 Å². The molecule has 3 aromatic rings. The van der Waals surface area contributed by atoms with Crippen LogP contribution in [0.4, 0.5) is 0 Å². The van der Waals surface area contributed by atoms with Crippen LogP contribution < -0.4 is 23.6 Å². The summed E-state index contributed by atoms with van der Waals surface area (Å²) in [6.45, 7) is 11.9. The van der Waals surface area contributed by atoms with Gasteiger partial charge in [-0.05, 0) is 0 Å². The summed E-state index contributed by atoms with van der Waals surface area (Å²) in [7, 11) is -3.77. The Balaban J connectivity index is 1.60. The van der Waals surface area contributed by atoms with Gasteiger partial charge in [0.25, 0.3) is 0 Å². The summed E-state index contributed by atoms with van der Waals surface area (Å²) in [6.07, 6.45) is 34.1. The van der Waals surface area contributed by atoms with Crippen LogP contribution in [-0.4, -0.2) is 34.5 Å². The topological polar surface area (TPSA) is 0 Å². The Morgan fingerprint density at radius 3 is 1.09 bits per heavy atom. The van der Waals surface area contributed by atoms with Crippen molar-refractivity contribution in [2.45, 2.75) is 228 Å². The number of unbranched alkanes of at least 4 members (excludes halogenated alkanes) is 20. The molecule has 5 heteroatoms. The number of benzene rings is 1. The molecule has 0 radical (unpaired) electrons. The maximum atomic E-state index is 2.97. The zero-order valence-electron chi connectivity index (χ0n) is 37.4. The quantitative estimate of drug-likeness (QED) is 0.0481. The Morgan fingerprint density at radius 1 is 0.400 bits per heavy atom. The van der Waals surface area contributed by atoms with E-state index in [9.17, 15) is 0 Å². The first-order chi connectivity index (χ1) is 26.7. The van der Waals surface area contributed by atoms with Gasteiger partial charge in [0.2, 0.25) is 0 Å². The third kappa shape index (κ3) is 11.2. The van der Waals surface area contributed by atoms with Crippen molar-refractivity contribution >= 4 is 80.8 Å². The predicted octanol–water partition coefficient (Wildman–Crippen LogP) is 15.2. The van der Waals surface area contributed by atoms with E-state index in [2.05, 4.69) is 96.4 Å². The molecular formula is C50H84S2Si2Sn. The van der Waals surface area contributed by atoms with E-state index in [-0.39, 0.29) is 0 Å². The van der Waals surface area contributed by atoms with Crippen LogP contribution in [0.15, 0.2) is 24.3 Å². The van der Waals surface area contributed by atoms with E-state index in [4.69, 9.17) is 0 Å². The zero-order chi connectivity index (χ0) is 39.3. The van der Waals surface area contributed by atoms with Crippen molar-refractivity contribution in [3.63, 3.8) is 0 Å². The molecule has 0 bridgehead atoms. The summed E-state index contributed by atoms with van der Waals surface area (Å²) in [5.41, 5.74) is 3.53. The van der Waals surface area contributed by atoms with Gasteiger partial charge < -0.3 is 0 Å². The van der Waals surface area contributed by atoms with Gasteiger partial charge in [-0.3, -0.25) is 0 Å². The minimum absolute atomic E-state index is 1.35. The SMILES string of the molecule is CCCCCCCC[Si]1(CCCCCCCC)c2cc3c(cc2-c2sc(C)cc21)[Si](CCCCCCCC)(CCCCCCCC)c1c[c]([Sn]([CH3])([CH3])[CH3])sc1-3. The van der Waals surface area contributed by atoms with Gasteiger partial charge in [-0.25, -0.2) is 0 Å². The van der Waals surface area contributed by atoms with E-state index in [0.29, 0.717) is 0 Å². The molecule has 308 valence electrons. The predicted molar refractivity (Wildman–Crippen MR) is 264 cm³/mol. The summed E-state index contributed by atoms with van der Waals surface area (Å²) < 4.78 is 1.85. The molecule has 0 aliphatic carbocycles. The van der Waals surface area contributed by atoms with Crippen molar-refractivity contribution in [3.05, 3.63) is 29.1 Å². The number of rotatable bonds is 29. The molecule has 4 heterocycles. The standard InChI is InChI=1S/C47H75S2Si2.3CH3.Sn/c1-6-10-14-18-22-26-32-50(33-27-23-19-15-11-7-2)42-30-31-48-46(42)40-37-44-41(38-43(40)50)47-45(36-39(5)49-47)51(44,34-28-24-20-16-12-8-3)35-29-25-21-17-13-9-4;;;;/h30,36-38H,6-29,32-35H2,1-5H3;3*1H3;. The summed E-state index contributed by atoms with van der Waals surface area (Å²) in [5.74, 6) is 0. The Kier molecular flexibility index (Phi) is 18.7. The Hall–Kier alpha value is -0.148. The summed E-state index contributed by atoms with van der Waals surface area (Å²) in [5, 5.41) is 7.62. The van der Waals surface area contributed by atoms with Gasteiger partial charge in [0.05, 0.1) is 0 Å². The molecule has 0 saturated heterocycles. The Bertz CT molecular complexity index is 1560. The second-order valence-corrected chi connectivity index (χ2v) is 45.6. The van der Waals surface area contributed by atoms with Crippen molar-refractivity contribution in [2.24, 2.45) is 0 Å². The van der Waals surface area contributed by atoms with E-state index >= 15 is 0 Å². The number of hydrogen-bond acceptors (Lipinski definition) is 2. The molecule has 0 saturated carbocycles. The van der Waals surface area contributed by atoms with Gasteiger partial charge in [0.15, 0.2) is 0 Å². The number of fused-ring (bicyclic) bond motifs is 6. The third-order valence-electron chi connectivity index (χ3n) is 13.9. The maximum absolute atomic E-state index is 2.97. The van der Waals surface area contributed by atoms with E-state index in [0.717, 1.165) is 0 Å². The van der Waals surface area contributed by atoms with Crippen LogP contribution in [0.5, 0.6) is 0 Å². The molecule has 2 aromatic heterocycles. The van der Waals surface area contributed by atoms with Crippen LogP contribution in [-0.2, 0) is 0 Å². The van der Waals surface area contributed by atoms with Crippen LogP contribution in [0.25, 0.3) is 20.9 Å². The van der Waals surface area contributed by atoms with Gasteiger partial charge in [0, 0.05) is 0 Å². The number of thiophene rings is 2. The second kappa shape index (κ2) is 22.5. The molecule has 0 spiro atoms. The molecule has 2 aliphatic rings. The minimum atomic E-state index is -2.26. The molecular weight excluding hydrogens is 840 g/mol. The molecule has 2 aliphatic heterocycles. The van der Waals surface area contributed by atoms with Crippen LogP contribution in [0, 0.1) is 6.92 Å². The summed E-state index contributed by atoms with van der Waals surface area (Å²) >= 11 is 2.23. The van der Waals surface area contributed by atoms with Crippen molar-refractivity contribution in [3.8, 4) is 20.9 Å². The van der Waals surface area contributed by atoms with Gasteiger partial charge in [-0.15, -0.1) is 0 Å². The second-order valence-electron chi connectivity index (χ2n) is 19.4. The van der Waals surface area contributed by atoms with Gasteiger partial charge >= 0.3 is 319 Å². The molecule has 0 atom stereocenters. The first kappa shape index (κ1) is 45.9. The molecule has 0 fully saturated rings. The van der Waals surface area contributed by atoms with Crippen molar-refractivity contribution in [1.29, 1.82) is 0 Å².